The van der Waals surface area contributed by atoms with E-state index in [1.54, 1.807) is 4.31 Å². The summed E-state index contributed by atoms with van der Waals surface area (Å²) in [4.78, 5) is 2.46. The van der Waals surface area contributed by atoms with Gasteiger partial charge in [-0.2, -0.15) is 0 Å². The number of hydrogen-bond acceptors (Lipinski definition) is 4. The first-order valence-electron chi connectivity index (χ1n) is 7.83. The van der Waals surface area contributed by atoms with Crippen molar-refractivity contribution in [1.82, 2.24) is 14.5 Å². The quantitative estimate of drug-likeness (QED) is 0.832. The molecule has 2 fully saturated rings. The summed E-state index contributed by atoms with van der Waals surface area (Å²) in [6.07, 6.45) is 7.19. The second kappa shape index (κ2) is 7.20. The smallest absolute Gasteiger partial charge is 0.211 e. The van der Waals surface area contributed by atoms with Crippen molar-refractivity contribution in [2.24, 2.45) is 5.92 Å². The van der Waals surface area contributed by atoms with Crippen molar-refractivity contribution in [1.29, 1.82) is 0 Å². The van der Waals surface area contributed by atoms with E-state index in [1.807, 2.05) is 0 Å². The van der Waals surface area contributed by atoms with Crippen molar-refractivity contribution in [3.05, 3.63) is 0 Å². The Morgan fingerprint density at radius 2 is 2.00 bits per heavy atom. The number of nitrogens with one attached hydrogen (secondary N) is 1. The summed E-state index contributed by atoms with van der Waals surface area (Å²) >= 11 is 0. The Kier molecular flexibility index (Phi) is 5.84. The Bertz CT molecular complexity index is 391. The zero-order valence-electron chi connectivity index (χ0n) is 12.8. The third-order valence-electron chi connectivity index (χ3n) is 4.67. The van der Waals surface area contributed by atoms with E-state index in [2.05, 4.69) is 17.3 Å². The average Bonchev–Trinajstić information content (AvgIpc) is 2.67. The van der Waals surface area contributed by atoms with Crippen molar-refractivity contribution in [2.45, 2.75) is 38.1 Å². The molecule has 0 aromatic carbocycles. The Hall–Kier alpha value is -0.170. The molecule has 0 aromatic rings. The third-order valence-corrected chi connectivity index (χ3v) is 5.94. The van der Waals surface area contributed by atoms with E-state index in [0.29, 0.717) is 25.0 Å². The van der Waals surface area contributed by atoms with Crippen LogP contribution in [-0.2, 0) is 10.0 Å². The highest BCUT2D eigenvalue weighted by molar-refractivity contribution is 7.88. The topological polar surface area (TPSA) is 52.7 Å². The van der Waals surface area contributed by atoms with E-state index < -0.39 is 10.0 Å². The maximum Gasteiger partial charge on any atom is 0.211 e. The van der Waals surface area contributed by atoms with Crippen LogP contribution < -0.4 is 5.32 Å². The van der Waals surface area contributed by atoms with Crippen LogP contribution in [0.3, 0.4) is 0 Å². The number of piperidine rings is 1. The Morgan fingerprint density at radius 1 is 1.20 bits per heavy atom. The molecule has 0 aromatic heterocycles. The van der Waals surface area contributed by atoms with E-state index in [4.69, 9.17) is 0 Å². The minimum Gasteiger partial charge on any atom is -0.317 e. The number of sulfonamides is 1. The minimum absolute atomic E-state index is 0.486. The molecular weight excluding hydrogens is 274 g/mol. The highest BCUT2D eigenvalue weighted by Crippen LogP contribution is 2.21. The summed E-state index contributed by atoms with van der Waals surface area (Å²) in [6, 6.07) is 0.651. The lowest BCUT2D eigenvalue weighted by atomic mass is 9.97. The van der Waals surface area contributed by atoms with E-state index in [1.165, 1.54) is 25.5 Å². The molecule has 118 valence electrons. The molecule has 2 rings (SSSR count). The van der Waals surface area contributed by atoms with Gasteiger partial charge in [-0.05, 0) is 58.2 Å². The number of hydrogen-bond donors (Lipinski definition) is 1. The third kappa shape index (κ3) is 4.69. The first-order chi connectivity index (χ1) is 9.47. The fraction of sp³-hybridized carbons (Fsp3) is 1.00. The van der Waals surface area contributed by atoms with Gasteiger partial charge in [0.15, 0.2) is 0 Å². The van der Waals surface area contributed by atoms with Crippen molar-refractivity contribution >= 4 is 10.0 Å². The first kappa shape index (κ1) is 16.2. The Morgan fingerprint density at radius 3 is 2.75 bits per heavy atom. The molecule has 2 atom stereocenters. The summed E-state index contributed by atoms with van der Waals surface area (Å²) in [5.74, 6) is 0.486. The van der Waals surface area contributed by atoms with Crippen molar-refractivity contribution in [2.75, 3.05) is 46.0 Å². The van der Waals surface area contributed by atoms with Gasteiger partial charge in [0.25, 0.3) is 0 Å². The molecule has 2 heterocycles. The molecule has 0 bridgehead atoms. The molecule has 0 aliphatic carbocycles. The lowest BCUT2D eigenvalue weighted by Gasteiger charge is -2.35. The van der Waals surface area contributed by atoms with E-state index in [-0.39, 0.29) is 0 Å². The SMILES string of the molecule is CN(CC1CCCN(S(C)(=O)=O)C1)C1CCCNCC1. The van der Waals surface area contributed by atoms with Crippen LogP contribution in [0.5, 0.6) is 0 Å². The van der Waals surface area contributed by atoms with Gasteiger partial charge in [0, 0.05) is 25.7 Å². The van der Waals surface area contributed by atoms with Crippen LogP contribution in [0.4, 0.5) is 0 Å². The fourth-order valence-corrected chi connectivity index (χ4v) is 4.42. The summed E-state index contributed by atoms with van der Waals surface area (Å²) in [7, 11) is -0.817. The second-order valence-corrected chi connectivity index (χ2v) is 8.39. The highest BCUT2D eigenvalue weighted by atomic mass is 32.2. The molecule has 2 saturated heterocycles. The van der Waals surface area contributed by atoms with Crippen molar-refractivity contribution in [3.8, 4) is 0 Å². The molecule has 0 spiro atoms. The summed E-state index contributed by atoms with van der Waals surface area (Å²) in [6.45, 7) is 4.67. The molecule has 5 nitrogen and oxygen atoms in total. The number of rotatable bonds is 4. The van der Waals surface area contributed by atoms with Gasteiger partial charge in [-0.3, -0.25) is 0 Å². The molecule has 0 radical (unpaired) electrons. The van der Waals surface area contributed by atoms with Crippen LogP contribution in [0.25, 0.3) is 0 Å². The van der Waals surface area contributed by atoms with Crippen LogP contribution in [0, 0.1) is 5.92 Å². The van der Waals surface area contributed by atoms with E-state index in [0.717, 1.165) is 32.5 Å². The van der Waals surface area contributed by atoms with Crippen molar-refractivity contribution in [3.63, 3.8) is 0 Å². The van der Waals surface area contributed by atoms with E-state index in [9.17, 15) is 8.42 Å². The Balaban J connectivity index is 1.85. The standard InChI is InChI=1S/C14H29N3O2S/c1-16(14-6-3-8-15-9-7-14)11-13-5-4-10-17(12-13)20(2,18)19/h13-15H,3-12H2,1-2H3. The Labute approximate surface area is 123 Å². The molecule has 1 N–H and O–H groups in total. The monoisotopic (exact) mass is 303 g/mol. The zero-order valence-corrected chi connectivity index (χ0v) is 13.7. The van der Waals surface area contributed by atoms with E-state index >= 15 is 0 Å². The van der Waals surface area contributed by atoms with Gasteiger partial charge in [-0.25, -0.2) is 12.7 Å². The van der Waals surface area contributed by atoms with Gasteiger partial charge in [0.1, 0.15) is 0 Å². The molecule has 6 heteroatoms. The van der Waals surface area contributed by atoms with Crippen LogP contribution >= 0.6 is 0 Å². The fourth-order valence-electron chi connectivity index (χ4n) is 3.47. The van der Waals surface area contributed by atoms with Crippen LogP contribution in [-0.4, -0.2) is 69.7 Å². The second-order valence-electron chi connectivity index (χ2n) is 6.40. The summed E-state index contributed by atoms with van der Waals surface area (Å²) < 4.78 is 25.0. The molecule has 2 aliphatic rings. The maximum absolute atomic E-state index is 11.7. The first-order valence-corrected chi connectivity index (χ1v) is 9.67. The molecule has 2 aliphatic heterocycles. The zero-order chi connectivity index (χ0) is 14.6. The molecular formula is C14H29N3O2S. The van der Waals surface area contributed by atoms with Crippen LogP contribution in [0.1, 0.15) is 32.1 Å². The van der Waals surface area contributed by atoms with Gasteiger partial charge in [0.2, 0.25) is 10.0 Å². The van der Waals surface area contributed by atoms with Gasteiger partial charge in [-0.1, -0.05) is 0 Å². The largest absolute Gasteiger partial charge is 0.317 e. The lowest BCUT2D eigenvalue weighted by Crippen LogP contribution is -2.44. The summed E-state index contributed by atoms with van der Waals surface area (Å²) in [5.41, 5.74) is 0. The molecule has 0 saturated carbocycles. The summed E-state index contributed by atoms with van der Waals surface area (Å²) in [5, 5.41) is 3.45. The average molecular weight is 303 g/mol. The van der Waals surface area contributed by atoms with Crippen LogP contribution in [0.2, 0.25) is 0 Å². The maximum atomic E-state index is 11.7. The van der Waals surface area contributed by atoms with Crippen LogP contribution in [0.15, 0.2) is 0 Å². The normalized spacial score (nSPS) is 30.4. The highest BCUT2D eigenvalue weighted by Gasteiger charge is 2.28. The van der Waals surface area contributed by atoms with Crippen molar-refractivity contribution < 1.29 is 8.42 Å². The van der Waals surface area contributed by atoms with Gasteiger partial charge in [-0.15, -0.1) is 0 Å². The lowest BCUT2D eigenvalue weighted by molar-refractivity contribution is 0.156. The molecule has 2 unspecified atom stereocenters. The predicted molar refractivity (Wildman–Crippen MR) is 82.3 cm³/mol. The van der Waals surface area contributed by atoms with Gasteiger partial charge < -0.3 is 10.2 Å². The minimum atomic E-state index is -3.02. The molecule has 0 amide bonds. The number of nitrogens with zero attached hydrogens (tertiary/aromatic N) is 2. The molecule has 20 heavy (non-hydrogen) atoms. The van der Waals surface area contributed by atoms with Gasteiger partial charge >= 0.3 is 0 Å². The predicted octanol–water partition coefficient (Wildman–Crippen LogP) is 0.732. The van der Waals surface area contributed by atoms with Gasteiger partial charge in [0.05, 0.1) is 6.26 Å².